The number of nitrogens with two attached hydrogens (primary N) is 1. The van der Waals surface area contributed by atoms with Crippen molar-refractivity contribution in [2.45, 2.75) is 25.8 Å². The summed E-state index contributed by atoms with van der Waals surface area (Å²) >= 11 is 3.38. The largest absolute Gasteiger partial charge is 0.337 e. The summed E-state index contributed by atoms with van der Waals surface area (Å²) in [6, 6.07) is 7.58. The van der Waals surface area contributed by atoms with Crippen LogP contribution in [0.5, 0.6) is 0 Å². The quantitative estimate of drug-likeness (QED) is 0.940. The normalized spacial score (nSPS) is 12.6. The van der Waals surface area contributed by atoms with Crippen molar-refractivity contribution in [2.75, 3.05) is 0 Å². The Hall–Kier alpha value is -1.20. The highest BCUT2D eigenvalue weighted by Gasteiger charge is 2.14. The highest BCUT2D eigenvalue weighted by Crippen LogP contribution is 2.21. The zero-order chi connectivity index (χ0) is 12.3. The smallest absolute Gasteiger partial charge is 0.243 e. The molecule has 0 aliphatic carbocycles. The fourth-order valence-electron chi connectivity index (χ4n) is 1.54. The fraction of sp³-hybridized carbons (Fsp3) is 0.333. The number of aromatic nitrogens is 2. The molecular weight excluding hydrogens is 282 g/mol. The van der Waals surface area contributed by atoms with Crippen molar-refractivity contribution in [2.24, 2.45) is 5.73 Å². The molecular formula is C12H14BrN3O. The molecule has 90 valence electrons. The molecule has 0 saturated heterocycles. The lowest BCUT2D eigenvalue weighted by atomic mass is 10.2. The third-order valence-electron chi connectivity index (χ3n) is 2.46. The number of rotatable bonds is 4. The molecule has 0 bridgehead atoms. The monoisotopic (exact) mass is 295 g/mol. The van der Waals surface area contributed by atoms with Gasteiger partial charge in [-0.2, -0.15) is 4.98 Å². The predicted octanol–water partition coefficient (Wildman–Crippen LogP) is 3.30. The first-order valence-electron chi connectivity index (χ1n) is 5.56. The second-order valence-electron chi connectivity index (χ2n) is 3.86. The van der Waals surface area contributed by atoms with Crippen LogP contribution < -0.4 is 5.73 Å². The zero-order valence-electron chi connectivity index (χ0n) is 9.56. The van der Waals surface area contributed by atoms with Gasteiger partial charge in [-0.3, -0.25) is 0 Å². The van der Waals surface area contributed by atoms with Gasteiger partial charge in [0, 0.05) is 10.0 Å². The molecule has 0 unspecified atom stereocenters. The Kier molecular flexibility index (Phi) is 3.91. The topological polar surface area (TPSA) is 64.9 Å². The summed E-state index contributed by atoms with van der Waals surface area (Å²) in [6.07, 6.45) is 1.85. The number of hydrogen-bond acceptors (Lipinski definition) is 4. The molecule has 2 rings (SSSR count). The molecule has 0 saturated carbocycles. The maximum Gasteiger partial charge on any atom is 0.243 e. The Morgan fingerprint density at radius 3 is 2.71 bits per heavy atom. The zero-order valence-corrected chi connectivity index (χ0v) is 11.1. The third-order valence-corrected chi connectivity index (χ3v) is 2.99. The van der Waals surface area contributed by atoms with E-state index in [9.17, 15) is 0 Å². The van der Waals surface area contributed by atoms with Crippen LogP contribution >= 0.6 is 15.9 Å². The van der Waals surface area contributed by atoms with Crippen molar-refractivity contribution in [3.05, 3.63) is 34.6 Å². The van der Waals surface area contributed by atoms with E-state index in [0.717, 1.165) is 22.9 Å². The van der Waals surface area contributed by atoms with E-state index in [1.165, 1.54) is 0 Å². The van der Waals surface area contributed by atoms with Crippen molar-refractivity contribution in [1.29, 1.82) is 0 Å². The Labute approximate surface area is 108 Å². The van der Waals surface area contributed by atoms with Crippen molar-refractivity contribution in [3.8, 4) is 11.4 Å². The molecule has 4 nitrogen and oxygen atoms in total. The van der Waals surface area contributed by atoms with Crippen LogP contribution in [0.4, 0.5) is 0 Å². The lowest BCUT2D eigenvalue weighted by Gasteiger charge is -2.02. The first-order valence-corrected chi connectivity index (χ1v) is 6.35. The first kappa shape index (κ1) is 12.3. The minimum Gasteiger partial charge on any atom is -0.337 e. The van der Waals surface area contributed by atoms with Crippen LogP contribution in [0, 0.1) is 0 Å². The van der Waals surface area contributed by atoms with Gasteiger partial charge in [-0.15, -0.1) is 0 Å². The molecule has 0 aliphatic heterocycles. The van der Waals surface area contributed by atoms with Gasteiger partial charge in [-0.1, -0.05) is 34.4 Å². The van der Waals surface area contributed by atoms with E-state index in [4.69, 9.17) is 10.3 Å². The molecule has 1 aromatic heterocycles. The van der Waals surface area contributed by atoms with E-state index in [1.54, 1.807) is 0 Å². The molecule has 1 heterocycles. The Morgan fingerprint density at radius 2 is 2.06 bits per heavy atom. The highest BCUT2D eigenvalue weighted by atomic mass is 79.9. The summed E-state index contributed by atoms with van der Waals surface area (Å²) in [7, 11) is 0. The van der Waals surface area contributed by atoms with Crippen LogP contribution in [0.1, 0.15) is 31.7 Å². The van der Waals surface area contributed by atoms with E-state index in [2.05, 4.69) is 33.0 Å². The van der Waals surface area contributed by atoms with Crippen molar-refractivity contribution >= 4 is 15.9 Å². The Balaban J connectivity index is 2.20. The van der Waals surface area contributed by atoms with Gasteiger partial charge in [0.2, 0.25) is 11.7 Å². The molecule has 0 radical (unpaired) electrons. The molecule has 2 N–H and O–H groups in total. The molecule has 1 aromatic carbocycles. The van der Waals surface area contributed by atoms with Gasteiger partial charge in [0.15, 0.2) is 0 Å². The number of nitrogens with zero attached hydrogens (tertiary/aromatic N) is 2. The summed E-state index contributed by atoms with van der Waals surface area (Å²) in [4.78, 5) is 4.31. The average molecular weight is 296 g/mol. The Bertz CT molecular complexity index is 481. The first-order chi connectivity index (χ1) is 8.20. The van der Waals surface area contributed by atoms with Crippen LogP contribution in [0.15, 0.2) is 33.3 Å². The van der Waals surface area contributed by atoms with Gasteiger partial charge in [-0.05, 0) is 30.7 Å². The fourth-order valence-corrected chi connectivity index (χ4v) is 1.80. The van der Waals surface area contributed by atoms with Crippen molar-refractivity contribution in [3.63, 3.8) is 0 Å². The highest BCUT2D eigenvalue weighted by molar-refractivity contribution is 9.10. The van der Waals surface area contributed by atoms with E-state index in [-0.39, 0.29) is 6.04 Å². The SMILES string of the molecule is CCC[C@@H](N)c1nc(-c2ccc(Br)cc2)no1. The van der Waals surface area contributed by atoms with E-state index >= 15 is 0 Å². The summed E-state index contributed by atoms with van der Waals surface area (Å²) in [6.45, 7) is 2.08. The molecule has 0 aliphatic rings. The summed E-state index contributed by atoms with van der Waals surface area (Å²) in [5.74, 6) is 1.09. The summed E-state index contributed by atoms with van der Waals surface area (Å²) < 4.78 is 6.19. The summed E-state index contributed by atoms with van der Waals surface area (Å²) in [5.41, 5.74) is 6.84. The third kappa shape index (κ3) is 2.92. The van der Waals surface area contributed by atoms with Crippen LogP contribution in [-0.4, -0.2) is 10.1 Å². The second kappa shape index (κ2) is 5.42. The number of hydrogen-bond donors (Lipinski definition) is 1. The molecule has 0 fully saturated rings. The minimum absolute atomic E-state index is 0.170. The molecule has 1 atom stereocenters. The van der Waals surface area contributed by atoms with E-state index < -0.39 is 0 Å². The standard InChI is InChI=1S/C12H14BrN3O/c1-2-3-10(14)12-15-11(16-17-12)8-4-6-9(13)7-5-8/h4-7,10H,2-3,14H2,1H3/t10-/m1/s1. The van der Waals surface area contributed by atoms with E-state index in [1.807, 2.05) is 24.3 Å². The molecule has 2 aromatic rings. The summed E-state index contributed by atoms with van der Waals surface area (Å²) in [5, 5.41) is 3.94. The Morgan fingerprint density at radius 1 is 1.35 bits per heavy atom. The van der Waals surface area contributed by atoms with Crippen molar-refractivity contribution in [1.82, 2.24) is 10.1 Å². The van der Waals surface area contributed by atoms with Gasteiger partial charge >= 0.3 is 0 Å². The van der Waals surface area contributed by atoms with Gasteiger partial charge in [-0.25, -0.2) is 0 Å². The van der Waals surface area contributed by atoms with Gasteiger partial charge in [0.05, 0.1) is 6.04 Å². The van der Waals surface area contributed by atoms with Crippen molar-refractivity contribution < 1.29 is 4.52 Å². The number of benzene rings is 1. The van der Waals surface area contributed by atoms with Gasteiger partial charge in [0.1, 0.15) is 0 Å². The van der Waals surface area contributed by atoms with Gasteiger partial charge < -0.3 is 10.3 Å². The molecule has 5 heteroatoms. The average Bonchev–Trinajstić information content (AvgIpc) is 2.80. The minimum atomic E-state index is -0.170. The van der Waals surface area contributed by atoms with Crippen LogP contribution in [0.3, 0.4) is 0 Å². The van der Waals surface area contributed by atoms with Crippen LogP contribution in [-0.2, 0) is 0 Å². The second-order valence-corrected chi connectivity index (χ2v) is 4.77. The lowest BCUT2D eigenvalue weighted by molar-refractivity contribution is 0.348. The molecule has 0 amide bonds. The maximum atomic E-state index is 5.92. The molecule has 17 heavy (non-hydrogen) atoms. The van der Waals surface area contributed by atoms with Crippen LogP contribution in [0.25, 0.3) is 11.4 Å². The van der Waals surface area contributed by atoms with Gasteiger partial charge in [0.25, 0.3) is 0 Å². The maximum absolute atomic E-state index is 5.92. The van der Waals surface area contributed by atoms with E-state index in [0.29, 0.717) is 11.7 Å². The predicted molar refractivity (Wildman–Crippen MR) is 69.3 cm³/mol. The van der Waals surface area contributed by atoms with Crippen LogP contribution in [0.2, 0.25) is 0 Å². The molecule has 0 spiro atoms. The lowest BCUT2D eigenvalue weighted by Crippen LogP contribution is -2.09. The number of halogens is 1.